The number of ether oxygens (including phenoxy) is 3. The zero-order chi connectivity index (χ0) is 21.7. The predicted octanol–water partition coefficient (Wildman–Crippen LogP) is 3.62. The average Bonchev–Trinajstić information content (AvgIpc) is 3.13. The molecule has 0 atom stereocenters. The number of thiazole rings is 1. The van der Waals surface area contributed by atoms with Crippen molar-refractivity contribution in [2.45, 2.75) is 0 Å². The Morgan fingerprint density at radius 3 is 2.23 bits per heavy atom. The Morgan fingerprint density at radius 2 is 1.70 bits per heavy atom. The van der Waals surface area contributed by atoms with Gasteiger partial charge in [0, 0.05) is 30.1 Å². The van der Waals surface area contributed by atoms with Crippen LogP contribution in [-0.2, 0) is 7.05 Å². The summed E-state index contributed by atoms with van der Waals surface area (Å²) in [6.45, 7) is 0. The Morgan fingerprint density at radius 1 is 1.07 bits per heavy atom. The molecule has 3 aromatic rings. The molecule has 30 heavy (non-hydrogen) atoms. The minimum absolute atomic E-state index is 0.0523. The van der Waals surface area contributed by atoms with Crippen molar-refractivity contribution in [1.82, 2.24) is 4.57 Å². The van der Waals surface area contributed by atoms with E-state index in [0.29, 0.717) is 22.0 Å². The zero-order valence-electron chi connectivity index (χ0n) is 16.9. The summed E-state index contributed by atoms with van der Waals surface area (Å²) in [5.41, 5.74) is 2.53. The Labute approximate surface area is 176 Å². The van der Waals surface area contributed by atoms with E-state index in [0.717, 1.165) is 16.8 Å². The maximum Gasteiger partial charge on any atom is 0.269 e. The summed E-state index contributed by atoms with van der Waals surface area (Å²) in [6.07, 6.45) is 1.59. The Bertz CT molecular complexity index is 1120. The van der Waals surface area contributed by atoms with E-state index >= 15 is 0 Å². The lowest BCUT2D eigenvalue weighted by molar-refractivity contribution is -0.384. The monoisotopic (exact) mass is 428 g/mol. The first-order valence-electron chi connectivity index (χ1n) is 8.75. The normalized spacial score (nSPS) is 11.7. The van der Waals surface area contributed by atoms with Crippen molar-refractivity contribution in [3.05, 3.63) is 62.3 Å². The molecular formula is C20H20N4O5S. The van der Waals surface area contributed by atoms with E-state index in [1.807, 2.05) is 17.0 Å². The van der Waals surface area contributed by atoms with Gasteiger partial charge in [-0.15, -0.1) is 16.4 Å². The lowest BCUT2D eigenvalue weighted by Crippen LogP contribution is -2.10. The zero-order valence-corrected chi connectivity index (χ0v) is 17.7. The molecular weight excluding hydrogens is 408 g/mol. The number of nitro groups is 1. The summed E-state index contributed by atoms with van der Waals surface area (Å²) in [5, 5.41) is 21.2. The van der Waals surface area contributed by atoms with Crippen LogP contribution in [0, 0.1) is 10.1 Å². The number of hydrogen-bond acceptors (Lipinski definition) is 8. The van der Waals surface area contributed by atoms with Crippen LogP contribution in [0.2, 0.25) is 0 Å². The minimum Gasteiger partial charge on any atom is -0.493 e. The molecule has 0 aliphatic heterocycles. The maximum absolute atomic E-state index is 10.8. The fraction of sp³-hybridized carbons (Fsp3) is 0.200. The summed E-state index contributed by atoms with van der Waals surface area (Å²) in [7, 11) is 6.51. The number of nitro benzene ring substituents is 1. The summed E-state index contributed by atoms with van der Waals surface area (Å²) >= 11 is 1.42. The van der Waals surface area contributed by atoms with Gasteiger partial charge < -0.3 is 18.8 Å². The van der Waals surface area contributed by atoms with Crippen molar-refractivity contribution in [3.63, 3.8) is 0 Å². The third-order valence-electron chi connectivity index (χ3n) is 4.34. The van der Waals surface area contributed by atoms with Gasteiger partial charge >= 0.3 is 0 Å². The van der Waals surface area contributed by atoms with Crippen LogP contribution in [0.5, 0.6) is 17.2 Å². The van der Waals surface area contributed by atoms with Gasteiger partial charge in [0.2, 0.25) is 10.6 Å². The maximum atomic E-state index is 10.8. The molecule has 10 heteroatoms. The molecule has 0 bridgehead atoms. The van der Waals surface area contributed by atoms with Crippen molar-refractivity contribution in [2.75, 3.05) is 21.3 Å². The number of aromatic nitrogens is 1. The Hall–Kier alpha value is -3.66. The highest BCUT2D eigenvalue weighted by molar-refractivity contribution is 7.07. The van der Waals surface area contributed by atoms with E-state index in [1.54, 1.807) is 51.8 Å². The largest absolute Gasteiger partial charge is 0.493 e. The van der Waals surface area contributed by atoms with E-state index in [9.17, 15) is 10.1 Å². The van der Waals surface area contributed by atoms with Crippen LogP contribution in [-0.4, -0.2) is 37.0 Å². The molecule has 0 saturated carbocycles. The van der Waals surface area contributed by atoms with Crippen LogP contribution < -0.4 is 19.0 Å². The molecule has 9 nitrogen and oxygen atoms in total. The van der Waals surface area contributed by atoms with Gasteiger partial charge in [-0.3, -0.25) is 10.1 Å². The lowest BCUT2D eigenvalue weighted by atomic mass is 10.1. The second-order valence-electron chi connectivity index (χ2n) is 6.07. The number of hydrogen-bond donors (Lipinski definition) is 0. The molecule has 0 unspecified atom stereocenters. The summed E-state index contributed by atoms with van der Waals surface area (Å²) in [6, 6.07) is 9.93. The first-order valence-corrected chi connectivity index (χ1v) is 9.63. The Kier molecular flexibility index (Phi) is 6.48. The lowest BCUT2D eigenvalue weighted by Gasteiger charge is -2.12. The first-order chi connectivity index (χ1) is 14.5. The number of methoxy groups -OCH3 is 3. The minimum atomic E-state index is -0.421. The van der Waals surface area contributed by atoms with E-state index in [4.69, 9.17) is 14.2 Å². The molecule has 1 heterocycles. The first kappa shape index (κ1) is 21.1. The van der Waals surface area contributed by atoms with Crippen molar-refractivity contribution < 1.29 is 19.1 Å². The van der Waals surface area contributed by atoms with Gasteiger partial charge in [0.25, 0.3) is 5.69 Å². The predicted molar refractivity (Wildman–Crippen MR) is 115 cm³/mol. The van der Waals surface area contributed by atoms with Gasteiger partial charge in [0.05, 0.1) is 38.2 Å². The standard InChI is InChI=1S/C20H20N4O5S/c1-23-16(14-5-7-15(8-6-14)24(25)26)12-30-20(23)22-21-11-13-9-17(27-2)19(29-4)18(10-13)28-3/h5-12H,1-4H3/b21-11-,22-20-. The third kappa shape index (κ3) is 4.33. The SMILES string of the molecule is COc1cc(/C=N\N=c2/scc(-c3ccc([N+](=O)[O-])cc3)n2C)cc(OC)c1OC. The van der Waals surface area contributed by atoms with Gasteiger partial charge in [0.15, 0.2) is 11.5 Å². The molecule has 0 aliphatic rings. The Balaban J connectivity index is 1.88. The van der Waals surface area contributed by atoms with Gasteiger partial charge in [0.1, 0.15) is 0 Å². The molecule has 0 N–H and O–H groups in total. The molecule has 1 aromatic heterocycles. The summed E-state index contributed by atoms with van der Waals surface area (Å²) in [5.74, 6) is 1.56. The molecule has 156 valence electrons. The highest BCUT2D eigenvalue weighted by Gasteiger charge is 2.12. The van der Waals surface area contributed by atoms with Crippen molar-refractivity contribution in [2.24, 2.45) is 17.3 Å². The summed E-state index contributed by atoms with van der Waals surface area (Å²) in [4.78, 5) is 11.1. The second-order valence-corrected chi connectivity index (χ2v) is 6.91. The van der Waals surface area contributed by atoms with E-state index < -0.39 is 4.92 Å². The molecule has 3 rings (SSSR count). The fourth-order valence-electron chi connectivity index (χ4n) is 2.80. The number of non-ortho nitro benzene ring substituents is 1. The van der Waals surface area contributed by atoms with Crippen molar-refractivity contribution in [3.8, 4) is 28.5 Å². The van der Waals surface area contributed by atoms with Crippen LogP contribution in [0.25, 0.3) is 11.3 Å². The quantitative estimate of drug-likeness (QED) is 0.325. The van der Waals surface area contributed by atoms with Crippen LogP contribution in [0.3, 0.4) is 0 Å². The smallest absolute Gasteiger partial charge is 0.269 e. The molecule has 0 saturated heterocycles. The molecule has 0 amide bonds. The van der Waals surface area contributed by atoms with Crippen LogP contribution in [0.4, 0.5) is 5.69 Å². The molecule has 0 spiro atoms. The van der Waals surface area contributed by atoms with Crippen molar-refractivity contribution >= 4 is 23.2 Å². The molecule has 0 aliphatic carbocycles. The van der Waals surface area contributed by atoms with Gasteiger partial charge in [-0.2, -0.15) is 5.10 Å². The summed E-state index contributed by atoms with van der Waals surface area (Å²) < 4.78 is 17.9. The van der Waals surface area contributed by atoms with Gasteiger partial charge in [-0.05, 0) is 29.8 Å². The van der Waals surface area contributed by atoms with E-state index in [-0.39, 0.29) is 5.69 Å². The van der Waals surface area contributed by atoms with Gasteiger partial charge in [-0.25, -0.2) is 0 Å². The molecule has 0 radical (unpaired) electrons. The number of rotatable bonds is 7. The topological polar surface area (TPSA) is 100 Å². The van der Waals surface area contributed by atoms with Gasteiger partial charge in [-0.1, -0.05) is 0 Å². The van der Waals surface area contributed by atoms with Crippen molar-refractivity contribution in [1.29, 1.82) is 0 Å². The van der Waals surface area contributed by atoms with Crippen LogP contribution in [0.15, 0.2) is 52.0 Å². The van der Waals surface area contributed by atoms with Crippen LogP contribution >= 0.6 is 11.3 Å². The highest BCUT2D eigenvalue weighted by Crippen LogP contribution is 2.37. The van der Waals surface area contributed by atoms with Crippen LogP contribution in [0.1, 0.15) is 5.56 Å². The average molecular weight is 428 g/mol. The number of nitrogens with zero attached hydrogens (tertiary/aromatic N) is 4. The fourth-order valence-corrected chi connectivity index (χ4v) is 3.66. The van der Waals surface area contributed by atoms with E-state index in [2.05, 4.69) is 10.2 Å². The molecule has 2 aromatic carbocycles. The molecule has 0 fully saturated rings. The highest BCUT2D eigenvalue weighted by atomic mass is 32.1. The number of benzene rings is 2. The second kappa shape index (κ2) is 9.23. The van der Waals surface area contributed by atoms with E-state index in [1.165, 1.54) is 23.5 Å². The third-order valence-corrected chi connectivity index (χ3v) is 5.24.